The maximum absolute atomic E-state index is 12.7. The van der Waals surface area contributed by atoms with E-state index in [0.29, 0.717) is 47.7 Å². The van der Waals surface area contributed by atoms with E-state index in [0.717, 1.165) is 16.8 Å². The van der Waals surface area contributed by atoms with Gasteiger partial charge in [-0.3, -0.25) is 0 Å². The molecule has 0 amide bonds. The molecule has 36 heavy (non-hydrogen) atoms. The topological polar surface area (TPSA) is 60.3 Å². The molecular weight excluding hydrogens is 493 g/mol. The molecule has 1 aliphatic rings. The zero-order valence-electron chi connectivity index (χ0n) is 19.2. The average molecular weight is 517 g/mol. The molecule has 0 aliphatic carbocycles. The fourth-order valence-electron chi connectivity index (χ4n) is 3.86. The lowest BCUT2D eigenvalue weighted by molar-refractivity contribution is -0.131. The second-order valence-corrected chi connectivity index (χ2v) is 9.03. The van der Waals surface area contributed by atoms with Crippen molar-refractivity contribution < 1.29 is 22.6 Å². The monoisotopic (exact) mass is 516 g/mol. The van der Waals surface area contributed by atoms with Gasteiger partial charge in [0.05, 0.1) is 43.3 Å². The fraction of sp³-hybridized carbons (Fsp3) is 0.269. The van der Waals surface area contributed by atoms with Gasteiger partial charge in [-0.2, -0.15) is 13.2 Å². The Balaban J connectivity index is 1.38. The SMILES string of the molecule is FC(F)(F)CCNc1nc2ccc(NC3COC3)cc2n1Cc1ccc(Oc2ccc(Cl)cc2)cc1. The Bertz CT molecular complexity index is 1320. The van der Waals surface area contributed by atoms with Crippen molar-refractivity contribution >= 4 is 34.3 Å². The molecule has 2 N–H and O–H groups in total. The highest BCUT2D eigenvalue weighted by molar-refractivity contribution is 6.30. The summed E-state index contributed by atoms with van der Waals surface area (Å²) < 4.78 is 51.2. The summed E-state index contributed by atoms with van der Waals surface area (Å²) in [5, 5.41) is 6.90. The molecular formula is C26H24ClF3N4O2. The van der Waals surface area contributed by atoms with E-state index in [2.05, 4.69) is 15.6 Å². The van der Waals surface area contributed by atoms with Crippen LogP contribution in [0.25, 0.3) is 11.0 Å². The fourth-order valence-corrected chi connectivity index (χ4v) is 3.99. The Morgan fingerprint density at radius 2 is 1.69 bits per heavy atom. The van der Waals surface area contributed by atoms with Crippen molar-refractivity contribution in [2.75, 3.05) is 30.4 Å². The Labute approximate surface area is 211 Å². The van der Waals surface area contributed by atoms with E-state index in [1.165, 1.54) is 0 Å². The van der Waals surface area contributed by atoms with Crippen LogP contribution in [0.4, 0.5) is 24.8 Å². The quantitative estimate of drug-likeness (QED) is 0.259. The van der Waals surface area contributed by atoms with Gasteiger partial charge in [-0.15, -0.1) is 0 Å². The minimum atomic E-state index is -4.24. The van der Waals surface area contributed by atoms with Crippen LogP contribution < -0.4 is 15.4 Å². The minimum absolute atomic E-state index is 0.247. The summed E-state index contributed by atoms with van der Waals surface area (Å²) in [7, 11) is 0. The number of hydrogen-bond donors (Lipinski definition) is 2. The standard InChI is InChI=1S/C26H24ClF3N4O2/c27-18-3-8-22(9-4-18)36-21-6-1-17(2-7-21)14-34-24-13-19(32-20-15-35-16-20)5-10-23(24)33-25(34)31-12-11-26(28,29)30/h1-10,13,20,32H,11-12,14-16H2,(H,31,33). The normalized spacial score (nSPS) is 14.0. The number of aromatic nitrogens is 2. The van der Waals surface area contributed by atoms with Gasteiger partial charge in [0.25, 0.3) is 0 Å². The van der Waals surface area contributed by atoms with E-state index in [1.807, 2.05) is 47.0 Å². The Morgan fingerprint density at radius 3 is 2.33 bits per heavy atom. The van der Waals surface area contributed by atoms with E-state index in [9.17, 15) is 13.2 Å². The highest BCUT2D eigenvalue weighted by atomic mass is 35.5. The molecule has 0 saturated carbocycles. The molecule has 2 heterocycles. The summed E-state index contributed by atoms with van der Waals surface area (Å²) in [5.74, 6) is 1.72. The van der Waals surface area contributed by atoms with Gasteiger partial charge in [0.1, 0.15) is 11.5 Å². The molecule has 1 fully saturated rings. The van der Waals surface area contributed by atoms with Crippen molar-refractivity contribution in [2.24, 2.45) is 0 Å². The van der Waals surface area contributed by atoms with Gasteiger partial charge < -0.3 is 24.7 Å². The summed E-state index contributed by atoms with van der Waals surface area (Å²) in [6.07, 6.45) is -5.19. The molecule has 0 unspecified atom stereocenters. The molecule has 0 bridgehead atoms. The van der Waals surface area contributed by atoms with Gasteiger partial charge in [0, 0.05) is 17.3 Å². The Kier molecular flexibility index (Phi) is 6.93. The van der Waals surface area contributed by atoms with E-state index < -0.39 is 12.6 Å². The van der Waals surface area contributed by atoms with E-state index in [4.69, 9.17) is 21.1 Å². The van der Waals surface area contributed by atoms with E-state index in [1.54, 1.807) is 24.3 Å². The van der Waals surface area contributed by atoms with Gasteiger partial charge in [0.2, 0.25) is 5.95 Å². The van der Waals surface area contributed by atoms with Crippen molar-refractivity contribution in [3.8, 4) is 11.5 Å². The molecule has 1 saturated heterocycles. The number of nitrogens with one attached hydrogen (secondary N) is 2. The van der Waals surface area contributed by atoms with Crippen molar-refractivity contribution in [2.45, 2.75) is 25.2 Å². The Morgan fingerprint density at radius 1 is 1.00 bits per heavy atom. The number of nitrogens with zero attached hydrogens (tertiary/aromatic N) is 2. The number of hydrogen-bond acceptors (Lipinski definition) is 5. The number of alkyl halides is 3. The summed E-state index contributed by atoms with van der Waals surface area (Å²) >= 11 is 5.92. The van der Waals surface area contributed by atoms with Crippen LogP contribution in [0, 0.1) is 0 Å². The number of ether oxygens (including phenoxy) is 2. The summed E-state index contributed by atoms with van der Waals surface area (Å²) in [6.45, 7) is 1.45. The van der Waals surface area contributed by atoms with Crippen molar-refractivity contribution in [1.29, 1.82) is 0 Å². The molecule has 0 spiro atoms. The average Bonchev–Trinajstić information content (AvgIpc) is 3.15. The van der Waals surface area contributed by atoms with E-state index in [-0.39, 0.29) is 12.6 Å². The highest BCUT2D eigenvalue weighted by Gasteiger charge is 2.26. The van der Waals surface area contributed by atoms with Gasteiger partial charge >= 0.3 is 6.18 Å². The van der Waals surface area contributed by atoms with Crippen LogP contribution in [-0.2, 0) is 11.3 Å². The van der Waals surface area contributed by atoms with Gasteiger partial charge in [0.15, 0.2) is 0 Å². The zero-order valence-corrected chi connectivity index (χ0v) is 19.9. The molecule has 10 heteroatoms. The summed E-state index contributed by atoms with van der Waals surface area (Å²) in [4.78, 5) is 4.56. The van der Waals surface area contributed by atoms with Crippen LogP contribution in [0.2, 0.25) is 5.02 Å². The predicted molar refractivity (Wildman–Crippen MR) is 134 cm³/mol. The number of anilines is 2. The van der Waals surface area contributed by atoms with Crippen molar-refractivity contribution in [1.82, 2.24) is 9.55 Å². The van der Waals surface area contributed by atoms with Gasteiger partial charge in [-0.25, -0.2) is 4.98 Å². The van der Waals surface area contributed by atoms with Crippen molar-refractivity contribution in [3.05, 3.63) is 77.3 Å². The van der Waals surface area contributed by atoms with Gasteiger partial charge in [-0.1, -0.05) is 23.7 Å². The molecule has 3 aromatic carbocycles. The molecule has 1 aromatic heterocycles. The molecule has 4 aromatic rings. The lowest BCUT2D eigenvalue weighted by Gasteiger charge is -2.27. The minimum Gasteiger partial charge on any atom is -0.457 e. The first-order valence-corrected chi connectivity index (χ1v) is 11.9. The lowest BCUT2D eigenvalue weighted by atomic mass is 10.2. The number of rotatable bonds is 9. The van der Waals surface area contributed by atoms with E-state index >= 15 is 0 Å². The van der Waals surface area contributed by atoms with Crippen molar-refractivity contribution in [3.63, 3.8) is 0 Å². The number of imidazole rings is 1. The van der Waals surface area contributed by atoms with Crippen LogP contribution >= 0.6 is 11.6 Å². The lowest BCUT2D eigenvalue weighted by Crippen LogP contribution is -2.40. The molecule has 6 nitrogen and oxygen atoms in total. The Hall–Kier alpha value is -3.43. The van der Waals surface area contributed by atoms with Crippen LogP contribution in [0.1, 0.15) is 12.0 Å². The maximum atomic E-state index is 12.7. The largest absolute Gasteiger partial charge is 0.457 e. The first kappa shape index (κ1) is 24.3. The van der Waals surface area contributed by atoms with Gasteiger partial charge in [-0.05, 0) is 60.2 Å². The molecule has 1 aliphatic heterocycles. The van der Waals surface area contributed by atoms with Crippen LogP contribution in [0.15, 0.2) is 66.7 Å². The first-order chi connectivity index (χ1) is 17.3. The van der Waals surface area contributed by atoms with Crippen LogP contribution in [0.5, 0.6) is 11.5 Å². The third-order valence-corrected chi connectivity index (χ3v) is 6.01. The van der Waals surface area contributed by atoms with Crippen LogP contribution in [0.3, 0.4) is 0 Å². The second kappa shape index (κ2) is 10.3. The molecule has 188 valence electrons. The second-order valence-electron chi connectivity index (χ2n) is 8.60. The number of halogens is 4. The van der Waals surface area contributed by atoms with Crippen LogP contribution in [-0.4, -0.2) is 41.5 Å². The highest BCUT2D eigenvalue weighted by Crippen LogP contribution is 2.28. The molecule has 5 rings (SSSR count). The maximum Gasteiger partial charge on any atom is 0.390 e. The third-order valence-electron chi connectivity index (χ3n) is 5.76. The zero-order chi connectivity index (χ0) is 25.1. The number of benzene rings is 3. The molecule has 0 radical (unpaired) electrons. The number of fused-ring (bicyclic) bond motifs is 1. The summed E-state index contributed by atoms with van der Waals surface area (Å²) in [5.41, 5.74) is 3.37. The summed E-state index contributed by atoms with van der Waals surface area (Å²) in [6, 6.07) is 20.6. The first-order valence-electron chi connectivity index (χ1n) is 11.5. The predicted octanol–water partition coefficient (Wildman–Crippen LogP) is 6.71. The molecule has 0 atom stereocenters. The third kappa shape index (κ3) is 6.03. The smallest absolute Gasteiger partial charge is 0.390 e.